The molecule has 1 aliphatic heterocycles. The molecule has 0 radical (unpaired) electrons. The minimum Gasteiger partial charge on any atom is -0.472 e. The summed E-state index contributed by atoms with van der Waals surface area (Å²) >= 11 is 7.02. The molecule has 3 heterocycles. The van der Waals surface area contributed by atoms with Crippen molar-refractivity contribution in [3.63, 3.8) is 0 Å². The van der Waals surface area contributed by atoms with Gasteiger partial charge >= 0.3 is 0 Å². The highest BCUT2D eigenvalue weighted by Gasteiger charge is 2.28. The molecule has 0 unspecified atom stereocenters. The molecule has 130 valence electrons. The van der Waals surface area contributed by atoms with Crippen molar-refractivity contribution in [2.75, 3.05) is 19.4 Å². The third-order valence-corrected chi connectivity index (χ3v) is 4.70. The van der Waals surface area contributed by atoms with E-state index in [1.807, 2.05) is 0 Å². The number of ether oxygens (including phenoxy) is 1. The molecule has 2 atom stereocenters. The quantitative estimate of drug-likeness (QED) is 0.421. The highest BCUT2D eigenvalue weighted by atomic mass is 35.5. The molecule has 3 N–H and O–H groups in total. The number of thioether (sulfide) groups is 1. The van der Waals surface area contributed by atoms with E-state index in [0.29, 0.717) is 6.42 Å². The Kier molecular flexibility index (Phi) is 5.24. The minimum absolute atomic E-state index is 0.0787. The van der Waals surface area contributed by atoms with Crippen LogP contribution in [0.4, 0.5) is 4.39 Å². The van der Waals surface area contributed by atoms with Crippen molar-refractivity contribution in [2.24, 2.45) is 0 Å². The van der Waals surface area contributed by atoms with Crippen molar-refractivity contribution in [2.45, 2.75) is 30.1 Å². The number of halogens is 2. The maximum absolute atomic E-state index is 14.3. The normalized spacial score (nSPS) is 21.2. The maximum atomic E-state index is 14.3. The summed E-state index contributed by atoms with van der Waals surface area (Å²) in [5.74, 6) is -0.939. The molecule has 0 bridgehead atoms. The predicted octanol–water partition coefficient (Wildman–Crippen LogP) is 1.32. The number of aromatic amines is 1. The Labute approximate surface area is 146 Å². The van der Waals surface area contributed by atoms with E-state index in [0.717, 1.165) is 13.0 Å². The number of fused-ring (bicyclic) bond motifs is 1. The number of hydrogen-bond donors (Lipinski definition) is 3. The van der Waals surface area contributed by atoms with E-state index in [1.54, 1.807) is 6.26 Å². The fraction of sp³-hybridized carbons (Fsp3) is 0.500. The second kappa shape index (κ2) is 7.22. The standard InChI is InChI=1S/C14H16ClFN4O3S/c1-24-14-18-10-8(12(22)20-14)13(19-11(15)9(10)16)23-7-3-2-4-17-6(7)5-21/h6-7,17,21H,2-5H2,1H3,(H,18,20,22)/t6-,7-/m1/s1. The van der Waals surface area contributed by atoms with Gasteiger partial charge in [-0.25, -0.2) is 9.37 Å². The van der Waals surface area contributed by atoms with Gasteiger partial charge in [-0.3, -0.25) is 4.79 Å². The van der Waals surface area contributed by atoms with Gasteiger partial charge in [-0.2, -0.15) is 4.98 Å². The van der Waals surface area contributed by atoms with Crippen molar-refractivity contribution in [3.8, 4) is 5.88 Å². The lowest BCUT2D eigenvalue weighted by Crippen LogP contribution is -2.49. The summed E-state index contributed by atoms with van der Waals surface area (Å²) in [5.41, 5.74) is -0.728. The van der Waals surface area contributed by atoms with Crippen molar-refractivity contribution in [1.82, 2.24) is 20.3 Å². The summed E-state index contributed by atoms with van der Waals surface area (Å²) in [6.07, 6.45) is 2.83. The number of hydrogen-bond acceptors (Lipinski definition) is 7. The second-order valence-electron chi connectivity index (χ2n) is 5.36. The van der Waals surface area contributed by atoms with Crippen LogP contribution in [0.5, 0.6) is 5.88 Å². The first-order valence-corrected chi connectivity index (χ1v) is 8.99. The van der Waals surface area contributed by atoms with Crippen molar-refractivity contribution in [3.05, 3.63) is 21.3 Å². The second-order valence-corrected chi connectivity index (χ2v) is 6.52. The lowest BCUT2D eigenvalue weighted by molar-refractivity contribution is 0.0809. The Morgan fingerprint density at radius 2 is 2.29 bits per heavy atom. The van der Waals surface area contributed by atoms with Gasteiger partial charge in [-0.1, -0.05) is 23.4 Å². The SMILES string of the molecule is CSc1nc2c(F)c(Cl)nc(O[C@@H]3CCCN[C@@H]3CO)c2c(=O)[nH]1. The number of nitrogens with zero attached hydrogens (tertiary/aromatic N) is 2. The van der Waals surface area contributed by atoms with Gasteiger partial charge < -0.3 is 20.1 Å². The molecule has 24 heavy (non-hydrogen) atoms. The topological polar surface area (TPSA) is 100 Å². The zero-order valence-corrected chi connectivity index (χ0v) is 14.4. The maximum Gasteiger partial charge on any atom is 0.265 e. The molecule has 1 fully saturated rings. The molecule has 0 amide bonds. The molecular formula is C14H16ClFN4O3S. The molecule has 0 aromatic carbocycles. The van der Waals surface area contributed by atoms with Gasteiger partial charge in [0.15, 0.2) is 16.1 Å². The number of aromatic nitrogens is 3. The molecule has 2 aromatic rings. The van der Waals surface area contributed by atoms with Gasteiger partial charge in [0.05, 0.1) is 12.6 Å². The Bertz CT molecular complexity index is 819. The summed E-state index contributed by atoms with van der Waals surface area (Å²) < 4.78 is 20.1. The summed E-state index contributed by atoms with van der Waals surface area (Å²) in [4.78, 5) is 22.8. The fourth-order valence-electron chi connectivity index (χ4n) is 2.67. The Morgan fingerprint density at radius 1 is 1.50 bits per heavy atom. The van der Waals surface area contributed by atoms with Crippen LogP contribution in [0, 0.1) is 5.82 Å². The molecular weight excluding hydrogens is 359 g/mol. The monoisotopic (exact) mass is 374 g/mol. The first-order chi connectivity index (χ1) is 11.5. The summed E-state index contributed by atoms with van der Waals surface area (Å²) in [5, 5.41) is 12.3. The van der Waals surface area contributed by atoms with Crippen LogP contribution in [0.1, 0.15) is 12.8 Å². The lowest BCUT2D eigenvalue weighted by atomic mass is 10.0. The van der Waals surface area contributed by atoms with Crippen LogP contribution in [0.15, 0.2) is 9.95 Å². The van der Waals surface area contributed by atoms with E-state index in [-0.39, 0.29) is 34.6 Å². The average molecular weight is 375 g/mol. The van der Waals surface area contributed by atoms with Gasteiger partial charge in [-0.15, -0.1) is 0 Å². The van der Waals surface area contributed by atoms with E-state index in [4.69, 9.17) is 16.3 Å². The van der Waals surface area contributed by atoms with E-state index in [1.165, 1.54) is 11.8 Å². The van der Waals surface area contributed by atoms with Gasteiger partial charge in [0.1, 0.15) is 17.0 Å². The molecule has 0 spiro atoms. The first kappa shape index (κ1) is 17.4. The van der Waals surface area contributed by atoms with Crippen molar-refractivity contribution < 1.29 is 14.2 Å². The molecule has 7 nitrogen and oxygen atoms in total. The van der Waals surface area contributed by atoms with Crippen molar-refractivity contribution >= 4 is 34.3 Å². The van der Waals surface area contributed by atoms with E-state index in [9.17, 15) is 14.3 Å². The van der Waals surface area contributed by atoms with Gasteiger partial charge in [-0.05, 0) is 25.6 Å². The van der Waals surface area contributed by atoms with Crippen LogP contribution >= 0.6 is 23.4 Å². The molecule has 0 saturated carbocycles. The Hall–Kier alpha value is -1.42. The van der Waals surface area contributed by atoms with Crippen LogP contribution in [0.3, 0.4) is 0 Å². The zero-order valence-electron chi connectivity index (χ0n) is 12.8. The van der Waals surface area contributed by atoms with E-state index < -0.39 is 22.6 Å². The number of H-pyrrole nitrogens is 1. The summed E-state index contributed by atoms with van der Waals surface area (Å²) in [6, 6.07) is -0.295. The molecule has 1 aliphatic rings. The molecule has 2 aromatic heterocycles. The fourth-order valence-corrected chi connectivity index (χ4v) is 3.22. The molecule has 10 heteroatoms. The zero-order chi connectivity index (χ0) is 17.3. The summed E-state index contributed by atoms with van der Waals surface area (Å²) in [6.45, 7) is 0.644. The van der Waals surface area contributed by atoms with Crippen LogP contribution in [0.2, 0.25) is 5.15 Å². The molecule has 3 rings (SSSR count). The average Bonchev–Trinajstić information content (AvgIpc) is 2.59. The third-order valence-electron chi connectivity index (χ3n) is 3.87. The lowest BCUT2D eigenvalue weighted by Gasteiger charge is -2.31. The number of aliphatic hydroxyl groups excluding tert-OH is 1. The minimum atomic E-state index is -0.860. The Balaban J connectivity index is 2.10. The van der Waals surface area contributed by atoms with E-state index >= 15 is 0 Å². The van der Waals surface area contributed by atoms with Gasteiger partial charge in [0.2, 0.25) is 5.88 Å². The molecule has 0 aliphatic carbocycles. The number of pyridine rings is 1. The van der Waals surface area contributed by atoms with Gasteiger partial charge in [0.25, 0.3) is 5.56 Å². The predicted molar refractivity (Wildman–Crippen MR) is 89.4 cm³/mol. The summed E-state index contributed by atoms with van der Waals surface area (Å²) in [7, 11) is 0. The first-order valence-electron chi connectivity index (χ1n) is 7.39. The third kappa shape index (κ3) is 3.21. The van der Waals surface area contributed by atoms with E-state index in [2.05, 4.69) is 20.3 Å². The van der Waals surface area contributed by atoms with Crippen LogP contribution in [-0.4, -0.2) is 51.6 Å². The van der Waals surface area contributed by atoms with Crippen LogP contribution < -0.4 is 15.6 Å². The largest absolute Gasteiger partial charge is 0.472 e. The van der Waals surface area contributed by atoms with Crippen molar-refractivity contribution in [1.29, 1.82) is 0 Å². The van der Waals surface area contributed by atoms with Gasteiger partial charge in [0, 0.05) is 0 Å². The van der Waals surface area contributed by atoms with Crippen LogP contribution in [0.25, 0.3) is 10.9 Å². The van der Waals surface area contributed by atoms with Crippen LogP contribution in [-0.2, 0) is 0 Å². The number of rotatable bonds is 4. The molecule has 1 saturated heterocycles. The Morgan fingerprint density at radius 3 is 3.00 bits per heavy atom. The number of piperidine rings is 1. The number of aliphatic hydroxyl groups is 1. The smallest absolute Gasteiger partial charge is 0.265 e. The highest BCUT2D eigenvalue weighted by Crippen LogP contribution is 2.29. The highest BCUT2D eigenvalue weighted by molar-refractivity contribution is 7.98. The number of nitrogens with one attached hydrogen (secondary N) is 2.